The van der Waals surface area contributed by atoms with Gasteiger partial charge in [-0.25, -0.2) is 8.42 Å². The van der Waals surface area contributed by atoms with Crippen molar-refractivity contribution in [2.24, 2.45) is 5.92 Å². The van der Waals surface area contributed by atoms with Crippen molar-refractivity contribution in [2.75, 3.05) is 10.5 Å². The summed E-state index contributed by atoms with van der Waals surface area (Å²) < 4.78 is 26.9. The lowest BCUT2D eigenvalue weighted by Crippen LogP contribution is -2.24. The minimum Gasteiger partial charge on any atom is -0.280 e. The van der Waals surface area contributed by atoms with Crippen LogP contribution in [-0.2, 0) is 10.0 Å². The highest BCUT2D eigenvalue weighted by molar-refractivity contribution is 7.92. The van der Waals surface area contributed by atoms with Gasteiger partial charge in [0.05, 0.1) is 22.8 Å². The fraction of sp³-hybridized carbons (Fsp3) is 0.750. The van der Waals surface area contributed by atoms with Gasteiger partial charge in [-0.3, -0.25) is 9.82 Å². The molecule has 102 valence electrons. The highest BCUT2D eigenvalue weighted by Gasteiger charge is 2.22. The quantitative estimate of drug-likeness (QED) is 0.882. The highest BCUT2D eigenvalue weighted by Crippen LogP contribution is 2.26. The van der Waals surface area contributed by atoms with Crippen LogP contribution in [0.5, 0.6) is 0 Å². The van der Waals surface area contributed by atoms with Crippen LogP contribution in [0.2, 0.25) is 0 Å². The fourth-order valence-corrected chi connectivity index (χ4v) is 4.21. The van der Waals surface area contributed by atoms with Crippen molar-refractivity contribution in [1.29, 1.82) is 0 Å². The molecule has 2 rings (SSSR count). The SMILES string of the molecule is Cc1n[nH]c(C)c1NS(=O)(=O)CC1CCCCC1. The number of nitrogens with zero attached hydrogens (tertiary/aromatic N) is 1. The zero-order valence-electron chi connectivity index (χ0n) is 11.0. The second-order valence-corrected chi connectivity index (χ2v) is 6.96. The lowest BCUT2D eigenvalue weighted by Gasteiger charge is -2.21. The van der Waals surface area contributed by atoms with E-state index in [1.54, 1.807) is 6.92 Å². The first kappa shape index (κ1) is 13.4. The number of hydrogen-bond donors (Lipinski definition) is 2. The minimum absolute atomic E-state index is 0.233. The van der Waals surface area contributed by atoms with E-state index in [1.807, 2.05) is 6.92 Å². The molecule has 0 aliphatic heterocycles. The molecule has 1 aromatic rings. The predicted octanol–water partition coefficient (Wildman–Crippen LogP) is 2.35. The Hall–Kier alpha value is -1.04. The van der Waals surface area contributed by atoms with Gasteiger partial charge < -0.3 is 0 Å². The average molecular weight is 271 g/mol. The number of H-pyrrole nitrogens is 1. The third-order valence-corrected chi connectivity index (χ3v) is 4.99. The van der Waals surface area contributed by atoms with Crippen molar-refractivity contribution in [3.8, 4) is 0 Å². The molecule has 0 spiro atoms. The largest absolute Gasteiger partial charge is 0.280 e. The number of aromatic amines is 1. The maximum Gasteiger partial charge on any atom is 0.233 e. The Bertz CT molecular complexity index is 482. The molecule has 1 heterocycles. The van der Waals surface area contributed by atoms with Crippen molar-refractivity contribution < 1.29 is 8.42 Å². The molecule has 1 aliphatic carbocycles. The molecule has 18 heavy (non-hydrogen) atoms. The van der Waals surface area contributed by atoms with Crippen LogP contribution >= 0.6 is 0 Å². The van der Waals surface area contributed by atoms with Crippen LogP contribution in [0.1, 0.15) is 43.5 Å². The summed E-state index contributed by atoms with van der Waals surface area (Å²) >= 11 is 0. The van der Waals surface area contributed by atoms with Crippen LogP contribution in [0, 0.1) is 19.8 Å². The number of anilines is 1. The van der Waals surface area contributed by atoms with Crippen molar-refractivity contribution in [3.05, 3.63) is 11.4 Å². The number of sulfonamides is 1. The first-order valence-electron chi connectivity index (χ1n) is 6.50. The van der Waals surface area contributed by atoms with Gasteiger partial charge in [-0.15, -0.1) is 0 Å². The Morgan fingerprint density at radius 1 is 1.28 bits per heavy atom. The van der Waals surface area contributed by atoms with Gasteiger partial charge in [-0.2, -0.15) is 5.10 Å². The third-order valence-electron chi connectivity index (χ3n) is 3.57. The minimum atomic E-state index is -3.26. The molecule has 1 aliphatic rings. The zero-order chi connectivity index (χ0) is 13.2. The van der Waals surface area contributed by atoms with Gasteiger partial charge in [0.15, 0.2) is 0 Å². The van der Waals surface area contributed by atoms with Gasteiger partial charge in [0.1, 0.15) is 0 Å². The fourth-order valence-electron chi connectivity index (χ4n) is 2.56. The van der Waals surface area contributed by atoms with Crippen molar-refractivity contribution >= 4 is 15.7 Å². The Morgan fingerprint density at radius 2 is 1.94 bits per heavy atom. The molecule has 1 aromatic heterocycles. The van der Waals surface area contributed by atoms with Crippen LogP contribution in [0.3, 0.4) is 0 Å². The molecule has 0 atom stereocenters. The van der Waals surface area contributed by atoms with Crippen molar-refractivity contribution in [1.82, 2.24) is 10.2 Å². The standard InChI is InChI=1S/C12H21N3O2S/c1-9-12(10(2)14-13-9)15-18(16,17)8-11-6-4-3-5-7-11/h11,15H,3-8H2,1-2H3,(H,13,14). The summed E-state index contributed by atoms with van der Waals surface area (Å²) in [5.74, 6) is 0.542. The van der Waals surface area contributed by atoms with Gasteiger partial charge >= 0.3 is 0 Å². The summed E-state index contributed by atoms with van der Waals surface area (Å²) in [6, 6.07) is 0. The molecular formula is C12H21N3O2S. The summed E-state index contributed by atoms with van der Waals surface area (Å²) in [6.07, 6.45) is 5.62. The first-order valence-corrected chi connectivity index (χ1v) is 8.15. The van der Waals surface area contributed by atoms with E-state index in [9.17, 15) is 8.42 Å². The van der Waals surface area contributed by atoms with Crippen LogP contribution in [0.15, 0.2) is 0 Å². The van der Waals surface area contributed by atoms with E-state index in [0.29, 0.717) is 17.3 Å². The van der Waals surface area contributed by atoms with E-state index in [4.69, 9.17) is 0 Å². The number of nitrogens with one attached hydrogen (secondary N) is 2. The second-order valence-electron chi connectivity index (χ2n) is 5.20. The summed E-state index contributed by atoms with van der Waals surface area (Å²) in [6.45, 7) is 3.61. The topological polar surface area (TPSA) is 74.8 Å². The maximum atomic E-state index is 12.1. The Labute approximate surface area is 108 Å². The van der Waals surface area contributed by atoms with Gasteiger partial charge in [-0.1, -0.05) is 19.3 Å². The molecule has 0 radical (unpaired) electrons. The Morgan fingerprint density at radius 3 is 2.50 bits per heavy atom. The van der Waals surface area contributed by atoms with Crippen LogP contribution in [-0.4, -0.2) is 24.4 Å². The normalized spacial score (nSPS) is 17.9. The Kier molecular flexibility index (Phi) is 3.94. The van der Waals surface area contributed by atoms with Gasteiger partial charge in [0.25, 0.3) is 0 Å². The molecule has 0 unspecified atom stereocenters. The van der Waals surface area contributed by atoms with E-state index in [2.05, 4.69) is 14.9 Å². The molecule has 2 N–H and O–H groups in total. The first-order chi connectivity index (χ1) is 8.48. The van der Waals surface area contributed by atoms with E-state index in [-0.39, 0.29) is 5.75 Å². The highest BCUT2D eigenvalue weighted by atomic mass is 32.2. The molecule has 0 amide bonds. The molecule has 5 nitrogen and oxygen atoms in total. The lowest BCUT2D eigenvalue weighted by atomic mass is 9.91. The Balaban J connectivity index is 2.03. The number of hydrogen-bond acceptors (Lipinski definition) is 3. The van der Waals surface area contributed by atoms with Crippen LogP contribution < -0.4 is 4.72 Å². The molecular weight excluding hydrogens is 250 g/mol. The molecule has 1 saturated carbocycles. The molecule has 6 heteroatoms. The van der Waals surface area contributed by atoms with Crippen LogP contribution in [0.25, 0.3) is 0 Å². The van der Waals surface area contributed by atoms with Gasteiger partial charge in [0.2, 0.25) is 10.0 Å². The smallest absolute Gasteiger partial charge is 0.233 e. The van der Waals surface area contributed by atoms with E-state index < -0.39 is 10.0 Å². The third kappa shape index (κ3) is 3.25. The van der Waals surface area contributed by atoms with E-state index in [1.165, 1.54) is 6.42 Å². The monoisotopic (exact) mass is 271 g/mol. The summed E-state index contributed by atoms with van der Waals surface area (Å²) in [7, 11) is -3.26. The number of rotatable bonds is 4. The van der Waals surface area contributed by atoms with Crippen molar-refractivity contribution in [2.45, 2.75) is 46.0 Å². The molecule has 1 fully saturated rings. The average Bonchev–Trinajstić information content (AvgIpc) is 2.61. The lowest BCUT2D eigenvalue weighted by molar-refractivity contribution is 0.385. The van der Waals surface area contributed by atoms with E-state index in [0.717, 1.165) is 31.4 Å². The molecule has 0 bridgehead atoms. The summed E-state index contributed by atoms with van der Waals surface area (Å²) in [5.41, 5.74) is 2.06. The molecule has 0 saturated heterocycles. The van der Waals surface area contributed by atoms with Gasteiger partial charge in [0, 0.05) is 0 Å². The summed E-state index contributed by atoms with van der Waals surface area (Å²) in [4.78, 5) is 0. The number of aryl methyl sites for hydroxylation is 2. The molecule has 0 aromatic carbocycles. The zero-order valence-corrected chi connectivity index (χ0v) is 11.8. The summed E-state index contributed by atoms with van der Waals surface area (Å²) in [5, 5.41) is 6.78. The number of aromatic nitrogens is 2. The maximum absolute atomic E-state index is 12.1. The van der Waals surface area contributed by atoms with E-state index >= 15 is 0 Å². The predicted molar refractivity (Wildman–Crippen MR) is 72.0 cm³/mol. The van der Waals surface area contributed by atoms with Crippen LogP contribution in [0.4, 0.5) is 5.69 Å². The van der Waals surface area contributed by atoms with Gasteiger partial charge in [-0.05, 0) is 32.6 Å². The second kappa shape index (κ2) is 5.30. The van der Waals surface area contributed by atoms with Crippen molar-refractivity contribution in [3.63, 3.8) is 0 Å².